The van der Waals surface area contributed by atoms with E-state index in [0.29, 0.717) is 17.6 Å². The summed E-state index contributed by atoms with van der Waals surface area (Å²) in [5.74, 6) is 1.76. The smallest absolute Gasteiger partial charge is 0.134 e. The van der Waals surface area contributed by atoms with E-state index in [2.05, 4.69) is 0 Å². The molecule has 3 aliphatic rings. The van der Waals surface area contributed by atoms with Gasteiger partial charge in [0.1, 0.15) is 5.78 Å². The van der Waals surface area contributed by atoms with E-state index in [1.807, 2.05) is 0 Å². The third-order valence-corrected chi connectivity index (χ3v) is 3.75. The van der Waals surface area contributed by atoms with Gasteiger partial charge in [-0.3, -0.25) is 4.79 Å². The Labute approximate surface area is 73.5 Å². The van der Waals surface area contributed by atoms with Crippen LogP contribution in [0.3, 0.4) is 0 Å². The summed E-state index contributed by atoms with van der Waals surface area (Å²) < 4.78 is 0. The molecule has 0 spiro atoms. The molecule has 0 amide bonds. The highest BCUT2D eigenvalue weighted by Gasteiger charge is 2.43. The number of nitrogens with two attached hydrogens (primary N) is 1. The van der Waals surface area contributed by atoms with Crippen LogP contribution in [0.25, 0.3) is 0 Å². The molecule has 68 valence electrons. The third kappa shape index (κ3) is 1.09. The van der Waals surface area contributed by atoms with Gasteiger partial charge in [0.25, 0.3) is 0 Å². The van der Waals surface area contributed by atoms with Crippen molar-refractivity contribution in [2.45, 2.75) is 38.6 Å². The number of Topliss-reactive ketones (excluding diaryl/α,β-unsaturated/α-hetero) is 1. The summed E-state index contributed by atoms with van der Waals surface area (Å²) in [5.41, 5.74) is 6.04. The maximum atomic E-state index is 11.3. The predicted octanol–water partition coefficient (Wildman–Crippen LogP) is 1.34. The third-order valence-electron chi connectivity index (χ3n) is 3.75. The average molecular weight is 167 g/mol. The monoisotopic (exact) mass is 167 g/mol. The number of carbonyl (C=O) groups excluding carboxylic acids is 1. The van der Waals surface area contributed by atoms with Crippen molar-refractivity contribution in [1.29, 1.82) is 0 Å². The summed E-state index contributed by atoms with van der Waals surface area (Å²) in [4.78, 5) is 11.3. The van der Waals surface area contributed by atoms with Gasteiger partial charge in [0.15, 0.2) is 0 Å². The Kier molecular flexibility index (Phi) is 1.95. The van der Waals surface area contributed by atoms with Crippen LogP contribution in [0.2, 0.25) is 0 Å². The van der Waals surface area contributed by atoms with Crippen molar-refractivity contribution in [2.24, 2.45) is 23.5 Å². The van der Waals surface area contributed by atoms with E-state index in [9.17, 15) is 4.79 Å². The van der Waals surface area contributed by atoms with Crippen molar-refractivity contribution in [3.05, 3.63) is 0 Å². The van der Waals surface area contributed by atoms with Gasteiger partial charge in [-0.2, -0.15) is 0 Å². The molecule has 0 saturated heterocycles. The van der Waals surface area contributed by atoms with Crippen molar-refractivity contribution in [3.63, 3.8) is 0 Å². The lowest BCUT2D eigenvalue weighted by atomic mass is 9.61. The first-order chi connectivity index (χ1) is 5.70. The Morgan fingerprint density at radius 1 is 1.17 bits per heavy atom. The van der Waals surface area contributed by atoms with Crippen LogP contribution in [-0.4, -0.2) is 11.8 Å². The first-order valence-corrected chi connectivity index (χ1v) is 4.96. The summed E-state index contributed by atoms with van der Waals surface area (Å²) in [6, 6.07) is 0.176. The van der Waals surface area contributed by atoms with E-state index in [1.165, 1.54) is 25.7 Å². The van der Waals surface area contributed by atoms with Crippen molar-refractivity contribution in [3.8, 4) is 0 Å². The molecule has 3 saturated carbocycles. The van der Waals surface area contributed by atoms with Gasteiger partial charge in [-0.25, -0.2) is 0 Å². The Morgan fingerprint density at radius 2 is 1.67 bits per heavy atom. The van der Waals surface area contributed by atoms with Gasteiger partial charge in [0.05, 0.1) is 0 Å². The fraction of sp³-hybridized carbons (Fsp3) is 0.900. The maximum absolute atomic E-state index is 11.3. The first kappa shape index (κ1) is 8.24. The second kappa shape index (κ2) is 2.84. The second-order valence-electron chi connectivity index (χ2n) is 4.39. The van der Waals surface area contributed by atoms with Crippen LogP contribution in [0.5, 0.6) is 0 Å². The molecule has 1 unspecified atom stereocenters. The Bertz CT molecular complexity index is 192. The molecule has 12 heavy (non-hydrogen) atoms. The van der Waals surface area contributed by atoms with Crippen LogP contribution in [0.4, 0.5) is 0 Å². The number of hydrogen-bond donors (Lipinski definition) is 1. The minimum Gasteiger partial charge on any atom is -0.327 e. The van der Waals surface area contributed by atoms with Gasteiger partial charge in [-0.1, -0.05) is 0 Å². The molecule has 0 aromatic heterocycles. The van der Waals surface area contributed by atoms with Crippen molar-refractivity contribution in [2.75, 3.05) is 0 Å². The van der Waals surface area contributed by atoms with E-state index in [1.54, 1.807) is 6.92 Å². The number of hydrogen-bond acceptors (Lipinski definition) is 2. The molecule has 3 fully saturated rings. The van der Waals surface area contributed by atoms with Gasteiger partial charge in [0.2, 0.25) is 0 Å². The minimum absolute atomic E-state index is 0.176. The second-order valence-corrected chi connectivity index (χ2v) is 4.39. The van der Waals surface area contributed by atoms with Crippen LogP contribution in [0.15, 0.2) is 0 Å². The van der Waals surface area contributed by atoms with E-state index in [-0.39, 0.29) is 12.0 Å². The minimum atomic E-state index is 0.176. The van der Waals surface area contributed by atoms with Crippen LogP contribution in [0, 0.1) is 17.8 Å². The van der Waals surface area contributed by atoms with Crippen molar-refractivity contribution in [1.82, 2.24) is 0 Å². The zero-order chi connectivity index (χ0) is 8.72. The number of carbonyl (C=O) groups is 1. The number of fused-ring (bicyclic) bond motifs is 3. The largest absolute Gasteiger partial charge is 0.327 e. The fourth-order valence-corrected chi connectivity index (χ4v) is 3.10. The Morgan fingerprint density at radius 3 is 2.00 bits per heavy atom. The van der Waals surface area contributed by atoms with Gasteiger partial charge in [-0.05, 0) is 44.4 Å². The van der Waals surface area contributed by atoms with Crippen LogP contribution in [0.1, 0.15) is 32.6 Å². The number of ketones is 1. The fourth-order valence-electron chi connectivity index (χ4n) is 3.10. The summed E-state index contributed by atoms with van der Waals surface area (Å²) in [6.07, 6.45) is 5.00. The van der Waals surface area contributed by atoms with Gasteiger partial charge >= 0.3 is 0 Å². The molecule has 3 aliphatic carbocycles. The molecule has 0 aromatic carbocycles. The predicted molar refractivity (Wildman–Crippen MR) is 47.6 cm³/mol. The quantitative estimate of drug-likeness (QED) is 0.640. The molecule has 2 bridgehead atoms. The molecular formula is C10H17NO. The van der Waals surface area contributed by atoms with Gasteiger partial charge < -0.3 is 5.73 Å². The van der Waals surface area contributed by atoms with Crippen LogP contribution in [-0.2, 0) is 4.79 Å². The van der Waals surface area contributed by atoms with Gasteiger partial charge in [0, 0.05) is 12.0 Å². The molecule has 3 rings (SSSR count). The average Bonchev–Trinajstić information content (AvgIpc) is 2.05. The Balaban J connectivity index is 2.18. The molecule has 2 heteroatoms. The van der Waals surface area contributed by atoms with Crippen molar-refractivity contribution < 1.29 is 4.79 Å². The molecule has 2 atom stereocenters. The van der Waals surface area contributed by atoms with Crippen LogP contribution >= 0.6 is 0 Å². The highest BCUT2D eigenvalue weighted by molar-refractivity contribution is 5.79. The highest BCUT2D eigenvalue weighted by Crippen LogP contribution is 2.44. The zero-order valence-corrected chi connectivity index (χ0v) is 7.62. The molecule has 0 heterocycles. The normalized spacial score (nSPS) is 46.2. The van der Waals surface area contributed by atoms with Crippen LogP contribution < -0.4 is 5.73 Å². The summed E-state index contributed by atoms with van der Waals surface area (Å²) >= 11 is 0. The standard InChI is InChI=1S/C10H17NO/c1-6(12)9-7-2-4-8(5-3-7)10(9)11/h7-10H,2-5,11H2,1H3/t7-,8+,9-,10?/m0/s1. The van der Waals surface area contributed by atoms with E-state index in [4.69, 9.17) is 5.73 Å². The summed E-state index contributed by atoms with van der Waals surface area (Å²) in [7, 11) is 0. The lowest BCUT2D eigenvalue weighted by Crippen LogP contribution is -2.51. The molecule has 0 aliphatic heterocycles. The molecule has 0 aromatic rings. The van der Waals surface area contributed by atoms with E-state index < -0.39 is 0 Å². The van der Waals surface area contributed by atoms with Gasteiger partial charge in [-0.15, -0.1) is 0 Å². The topological polar surface area (TPSA) is 43.1 Å². The summed E-state index contributed by atoms with van der Waals surface area (Å²) in [6.45, 7) is 1.70. The SMILES string of the molecule is CC(=O)[C@@H]1C(N)[C@H]2CC[C@@H]1CC2. The Hall–Kier alpha value is -0.370. The molecule has 2 N–H and O–H groups in total. The number of rotatable bonds is 1. The lowest BCUT2D eigenvalue weighted by Gasteiger charge is -2.46. The molecule has 0 radical (unpaired) electrons. The summed E-state index contributed by atoms with van der Waals surface area (Å²) in [5, 5.41) is 0. The molecular weight excluding hydrogens is 150 g/mol. The lowest BCUT2D eigenvalue weighted by molar-refractivity contribution is -0.126. The first-order valence-electron chi connectivity index (χ1n) is 4.96. The molecule has 2 nitrogen and oxygen atoms in total. The highest BCUT2D eigenvalue weighted by atomic mass is 16.1. The maximum Gasteiger partial charge on any atom is 0.134 e. The zero-order valence-electron chi connectivity index (χ0n) is 7.62. The van der Waals surface area contributed by atoms with E-state index >= 15 is 0 Å². The van der Waals surface area contributed by atoms with E-state index in [0.717, 1.165) is 0 Å². The van der Waals surface area contributed by atoms with Crippen molar-refractivity contribution >= 4 is 5.78 Å².